The number of aromatic hydroxyl groups is 1. The molecule has 0 fully saturated rings. The van der Waals surface area contributed by atoms with Crippen molar-refractivity contribution in [3.8, 4) is 5.75 Å². The van der Waals surface area contributed by atoms with Gasteiger partial charge in [-0.1, -0.05) is 15.9 Å². The van der Waals surface area contributed by atoms with Gasteiger partial charge >= 0.3 is 0 Å². The summed E-state index contributed by atoms with van der Waals surface area (Å²) in [6.07, 6.45) is 1.18. The van der Waals surface area contributed by atoms with E-state index in [0.29, 0.717) is 16.7 Å². The Balaban J connectivity index is 2.12. The minimum atomic E-state index is -0.580. The van der Waals surface area contributed by atoms with Crippen molar-refractivity contribution in [1.82, 2.24) is 9.66 Å². The summed E-state index contributed by atoms with van der Waals surface area (Å²) in [7, 11) is 0. The minimum Gasteiger partial charge on any atom is -0.507 e. The Morgan fingerprint density at radius 3 is 2.80 bits per heavy atom. The van der Waals surface area contributed by atoms with Crippen LogP contribution in [0.15, 0.2) is 50.8 Å². The van der Waals surface area contributed by atoms with Crippen LogP contribution in [0.5, 0.6) is 5.75 Å². The maximum atomic E-state index is 12.6. The monoisotopic (exact) mass is 402 g/mol. The molecule has 126 valence electrons. The molecule has 0 amide bonds. The number of benzene rings is 2. The molecule has 0 aliphatic carbocycles. The molecule has 1 heterocycles. The van der Waals surface area contributed by atoms with Crippen molar-refractivity contribution in [2.45, 2.75) is 6.92 Å². The summed E-state index contributed by atoms with van der Waals surface area (Å²) in [4.78, 5) is 27.2. The first kappa shape index (κ1) is 16.8. The third-order valence-corrected chi connectivity index (χ3v) is 4.00. The third-order valence-electron chi connectivity index (χ3n) is 3.50. The van der Waals surface area contributed by atoms with Crippen LogP contribution in [-0.4, -0.2) is 25.9 Å². The van der Waals surface area contributed by atoms with Gasteiger partial charge in [-0.2, -0.15) is 9.78 Å². The molecular weight excluding hydrogens is 392 g/mol. The van der Waals surface area contributed by atoms with E-state index in [1.165, 1.54) is 24.4 Å². The number of aryl methyl sites for hydroxylation is 1. The molecule has 3 rings (SSSR count). The molecule has 0 aliphatic rings. The molecule has 0 radical (unpaired) electrons. The normalized spacial score (nSPS) is 11.3. The fourth-order valence-electron chi connectivity index (χ4n) is 2.27. The summed E-state index contributed by atoms with van der Waals surface area (Å²) < 4.78 is 1.81. The predicted molar refractivity (Wildman–Crippen MR) is 96.2 cm³/mol. The summed E-state index contributed by atoms with van der Waals surface area (Å²) in [5.74, 6) is 0.164. The van der Waals surface area contributed by atoms with Crippen molar-refractivity contribution in [2.24, 2.45) is 5.10 Å². The van der Waals surface area contributed by atoms with E-state index < -0.39 is 4.92 Å². The van der Waals surface area contributed by atoms with Crippen LogP contribution in [0, 0.1) is 17.0 Å². The highest BCUT2D eigenvalue weighted by Crippen LogP contribution is 2.21. The van der Waals surface area contributed by atoms with Gasteiger partial charge in [-0.15, -0.1) is 0 Å². The van der Waals surface area contributed by atoms with Crippen LogP contribution in [-0.2, 0) is 0 Å². The van der Waals surface area contributed by atoms with Crippen molar-refractivity contribution in [1.29, 1.82) is 0 Å². The average Bonchev–Trinajstić information content (AvgIpc) is 2.56. The number of hydrogen-bond acceptors (Lipinski definition) is 6. The summed E-state index contributed by atoms with van der Waals surface area (Å²) in [6, 6.07) is 8.69. The molecule has 0 unspecified atom stereocenters. The summed E-state index contributed by atoms with van der Waals surface area (Å²) in [6.45, 7) is 1.62. The van der Waals surface area contributed by atoms with E-state index in [1.54, 1.807) is 25.1 Å². The number of phenols is 1. The lowest BCUT2D eigenvalue weighted by Gasteiger charge is -2.06. The first-order valence-corrected chi connectivity index (χ1v) is 7.87. The zero-order valence-electron chi connectivity index (χ0n) is 12.9. The topological polar surface area (TPSA) is 111 Å². The van der Waals surface area contributed by atoms with E-state index >= 15 is 0 Å². The largest absolute Gasteiger partial charge is 0.507 e. The van der Waals surface area contributed by atoms with Gasteiger partial charge in [0.15, 0.2) is 0 Å². The van der Waals surface area contributed by atoms with Crippen LogP contribution >= 0.6 is 15.9 Å². The van der Waals surface area contributed by atoms with Crippen LogP contribution in [0.1, 0.15) is 11.4 Å². The van der Waals surface area contributed by atoms with Gasteiger partial charge < -0.3 is 5.11 Å². The second-order valence-electron chi connectivity index (χ2n) is 5.18. The number of non-ortho nitro benzene ring substituents is 1. The summed E-state index contributed by atoms with van der Waals surface area (Å²) >= 11 is 3.31. The number of nitrogens with zero attached hydrogens (tertiary/aromatic N) is 4. The highest BCUT2D eigenvalue weighted by Gasteiger charge is 2.10. The second-order valence-corrected chi connectivity index (χ2v) is 6.10. The summed E-state index contributed by atoms with van der Waals surface area (Å²) in [5, 5.41) is 25.1. The third kappa shape index (κ3) is 3.26. The first-order chi connectivity index (χ1) is 11.9. The van der Waals surface area contributed by atoms with Gasteiger partial charge in [0.1, 0.15) is 11.6 Å². The average molecular weight is 403 g/mol. The first-order valence-electron chi connectivity index (χ1n) is 7.07. The highest BCUT2D eigenvalue weighted by atomic mass is 79.9. The van der Waals surface area contributed by atoms with Crippen LogP contribution in [0.25, 0.3) is 10.9 Å². The molecular formula is C16H11BrN4O4. The number of rotatable bonds is 3. The van der Waals surface area contributed by atoms with Gasteiger partial charge in [0.2, 0.25) is 0 Å². The lowest BCUT2D eigenvalue weighted by Crippen LogP contribution is -2.20. The van der Waals surface area contributed by atoms with Gasteiger partial charge in [-0.3, -0.25) is 14.9 Å². The standard InChI is InChI=1S/C16H11BrN4O4/c1-9-19-14-4-2-11(17)7-13(14)16(23)20(9)18-8-10-6-12(21(24)25)3-5-15(10)22/h2-8,22H,1H3. The lowest BCUT2D eigenvalue weighted by atomic mass is 10.2. The second kappa shape index (κ2) is 6.44. The predicted octanol–water partition coefficient (Wildman–Crippen LogP) is 2.96. The molecule has 1 N–H and O–H groups in total. The van der Waals surface area contributed by atoms with Crippen LogP contribution in [0.3, 0.4) is 0 Å². The number of hydrogen-bond donors (Lipinski definition) is 1. The SMILES string of the molecule is Cc1nc2ccc(Br)cc2c(=O)n1N=Cc1cc([N+](=O)[O-])ccc1O. The molecule has 0 saturated carbocycles. The number of halogens is 1. The number of phenolic OH excluding ortho intramolecular Hbond substituents is 1. The van der Waals surface area contributed by atoms with Crippen molar-refractivity contribution in [3.05, 3.63) is 72.7 Å². The maximum Gasteiger partial charge on any atom is 0.282 e. The molecule has 0 bridgehead atoms. The van der Waals surface area contributed by atoms with E-state index in [-0.39, 0.29) is 22.6 Å². The van der Waals surface area contributed by atoms with E-state index in [2.05, 4.69) is 26.0 Å². The summed E-state index contributed by atoms with van der Waals surface area (Å²) in [5.41, 5.74) is 0.0824. The Bertz CT molecular complexity index is 1090. The number of nitro groups is 1. The van der Waals surface area contributed by atoms with Gasteiger partial charge in [0.25, 0.3) is 11.2 Å². The quantitative estimate of drug-likeness (QED) is 0.411. The Morgan fingerprint density at radius 2 is 2.08 bits per heavy atom. The molecule has 1 aromatic heterocycles. The molecule has 9 heteroatoms. The van der Waals surface area contributed by atoms with E-state index in [0.717, 1.165) is 9.15 Å². The van der Waals surface area contributed by atoms with Crippen molar-refractivity contribution < 1.29 is 10.0 Å². The molecule has 0 spiro atoms. The Labute approximate surface area is 149 Å². The smallest absolute Gasteiger partial charge is 0.282 e. The molecule has 0 saturated heterocycles. The van der Waals surface area contributed by atoms with Gasteiger partial charge in [-0.25, -0.2) is 4.98 Å². The molecule has 25 heavy (non-hydrogen) atoms. The zero-order valence-corrected chi connectivity index (χ0v) is 14.5. The van der Waals surface area contributed by atoms with E-state index in [4.69, 9.17) is 0 Å². The number of fused-ring (bicyclic) bond motifs is 1. The fourth-order valence-corrected chi connectivity index (χ4v) is 2.64. The molecule has 0 aliphatic heterocycles. The van der Waals surface area contributed by atoms with Crippen molar-refractivity contribution in [3.63, 3.8) is 0 Å². The van der Waals surface area contributed by atoms with Crippen LogP contribution in [0.4, 0.5) is 5.69 Å². The molecule has 0 atom stereocenters. The van der Waals surface area contributed by atoms with Crippen LogP contribution in [0.2, 0.25) is 0 Å². The van der Waals surface area contributed by atoms with Gasteiger partial charge in [0, 0.05) is 22.2 Å². The van der Waals surface area contributed by atoms with Gasteiger partial charge in [-0.05, 0) is 31.2 Å². The van der Waals surface area contributed by atoms with Gasteiger partial charge in [0.05, 0.1) is 22.0 Å². The van der Waals surface area contributed by atoms with Crippen LogP contribution < -0.4 is 5.56 Å². The Morgan fingerprint density at radius 1 is 1.32 bits per heavy atom. The minimum absolute atomic E-state index is 0.120. The number of aromatic nitrogens is 2. The van der Waals surface area contributed by atoms with Crippen molar-refractivity contribution >= 4 is 38.7 Å². The molecule has 2 aromatic carbocycles. The number of nitro benzene ring substituents is 1. The molecule has 3 aromatic rings. The highest BCUT2D eigenvalue weighted by molar-refractivity contribution is 9.10. The maximum absolute atomic E-state index is 12.6. The Kier molecular flexibility index (Phi) is 4.32. The zero-order chi connectivity index (χ0) is 18.1. The van der Waals surface area contributed by atoms with E-state index in [9.17, 15) is 20.0 Å². The fraction of sp³-hybridized carbons (Fsp3) is 0.0625. The van der Waals surface area contributed by atoms with E-state index in [1.807, 2.05) is 0 Å². The molecule has 8 nitrogen and oxygen atoms in total. The van der Waals surface area contributed by atoms with Crippen molar-refractivity contribution in [2.75, 3.05) is 0 Å². The Hall–Kier alpha value is -3.07. The lowest BCUT2D eigenvalue weighted by molar-refractivity contribution is -0.384.